The van der Waals surface area contributed by atoms with Gasteiger partial charge >= 0.3 is 0 Å². The van der Waals surface area contributed by atoms with Crippen molar-refractivity contribution in [3.05, 3.63) is 0 Å². The van der Waals surface area contributed by atoms with Crippen molar-refractivity contribution in [3.63, 3.8) is 0 Å². The minimum atomic E-state index is 1.29. The first kappa shape index (κ1) is 20.0. The van der Waals surface area contributed by atoms with Gasteiger partial charge in [0.2, 0.25) is 0 Å². The lowest BCUT2D eigenvalue weighted by Gasteiger charge is -2.15. The summed E-state index contributed by atoms with van der Waals surface area (Å²) in [4.78, 5) is 2.50. The number of unbranched alkanes of at least 4 members (excludes halogenated alkanes) is 12. The molecule has 0 heterocycles. The lowest BCUT2D eigenvalue weighted by molar-refractivity contribution is 0.318. The van der Waals surface area contributed by atoms with Gasteiger partial charge < -0.3 is 4.90 Å². The highest BCUT2D eigenvalue weighted by Crippen LogP contribution is 2.12. The van der Waals surface area contributed by atoms with E-state index >= 15 is 0 Å². The number of rotatable bonds is 16. The molecule has 0 bridgehead atoms. The summed E-state index contributed by atoms with van der Waals surface area (Å²) in [7, 11) is 2.27. The van der Waals surface area contributed by atoms with Crippen LogP contribution in [0.2, 0.25) is 0 Å². The lowest BCUT2D eigenvalue weighted by Crippen LogP contribution is -2.20. The summed E-state index contributed by atoms with van der Waals surface area (Å²) in [6.07, 6.45) is 20.1. The summed E-state index contributed by atoms with van der Waals surface area (Å²) >= 11 is 0. The fourth-order valence-electron chi connectivity index (χ4n) is 2.76. The molecule has 0 aromatic rings. The van der Waals surface area contributed by atoms with Crippen LogP contribution in [0.1, 0.15) is 104 Å². The van der Waals surface area contributed by atoms with Crippen LogP contribution in [-0.4, -0.2) is 25.0 Å². The van der Waals surface area contributed by atoms with E-state index in [4.69, 9.17) is 0 Å². The van der Waals surface area contributed by atoms with Crippen LogP contribution in [0, 0.1) is 0 Å². The summed E-state index contributed by atoms with van der Waals surface area (Å²) in [6, 6.07) is 0. The standard InChI is InChI=1S/C19H41N/c1-4-6-8-9-10-11-12-13-14-15-16-17-19-20(3)18-7-5-2/h4-19H2,1-3H3. The molecule has 0 aromatic carbocycles. The second-order valence-electron chi connectivity index (χ2n) is 6.55. The second kappa shape index (κ2) is 17.0. The van der Waals surface area contributed by atoms with Crippen molar-refractivity contribution in [2.24, 2.45) is 0 Å². The molecule has 0 aliphatic carbocycles. The van der Waals surface area contributed by atoms with Gasteiger partial charge in [-0.3, -0.25) is 0 Å². The summed E-state index contributed by atoms with van der Waals surface area (Å²) in [5.41, 5.74) is 0. The summed E-state index contributed by atoms with van der Waals surface area (Å²) < 4.78 is 0. The van der Waals surface area contributed by atoms with Gasteiger partial charge in [-0.05, 0) is 33.0 Å². The average Bonchev–Trinajstić information content (AvgIpc) is 2.46. The van der Waals surface area contributed by atoms with Gasteiger partial charge in [0.15, 0.2) is 0 Å². The Kier molecular flexibility index (Phi) is 17.0. The van der Waals surface area contributed by atoms with Crippen molar-refractivity contribution in [1.29, 1.82) is 0 Å². The Morgan fingerprint density at radius 3 is 1.25 bits per heavy atom. The highest BCUT2D eigenvalue weighted by molar-refractivity contribution is 4.53. The van der Waals surface area contributed by atoms with Crippen molar-refractivity contribution in [1.82, 2.24) is 4.90 Å². The highest BCUT2D eigenvalue weighted by Gasteiger charge is 1.97. The number of hydrogen-bond acceptors (Lipinski definition) is 1. The molecule has 0 unspecified atom stereocenters. The molecule has 122 valence electrons. The molecule has 0 atom stereocenters. The van der Waals surface area contributed by atoms with Gasteiger partial charge in [-0.1, -0.05) is 90.9 Å². The van der Waals surface area contributed by atoms with Crippen LogP contribution >= 0.6 is 0 Å². The van der Waals surface area contributed by atoms with Gasteiger partial charge in [-0.2, -0.15) is 0 Å². The lowest BCUT2D eigenvalue weighted by atomic mass is 10.1. The largest absolute Gasteiger partial charge is 0.306 e. The molecule has 0 radical (unpaired) electrons. The smallest absolute Gasteiger partial charge is 0.00218 e. The summed E-state index contributed by atoms with van der Waals surface area (Å²) in [6.45, 7) is 7.16. The van der Waals surface area contributed by atoms with E-state index in [0.29, 0.717) is 0 Å². The topological polar surface area (TPSA) is 3.24 Å². The predicted molar refractivity (Wildman–Crippen MR) is 93.5 cm³/mol. The van der Waals surface area contributed by atoms with Crippen LogP contribution in [0.25, 0.3) is 0 Å². The van der Waals surface area contributed by atoms with E-state index in [0.717, 1.165) is 0 Å². The van der Waals surface area contributed by atoms with Crippen LogP contribution in [0.15, 0.2) is 0 Å². The molecule has 0 amide bonds. The van der Waals surface area contributed by atoms with Crippen molar-refractivity contribution in [3.8, 4) is 0 Å². The van der Waals surface area contributed by atoms with E-state index in [1.165, 1.54) is 103 Å². The van der Waals surface area contributed by atoms with Crippen molar-refractivity contribution < 1.29 is 0 Å². The molecule has 0 fully saturated rings. The molecular formula is C19H41N. The number of nitrogens with zero attached hydrogens (tertiary/aromatic N) is 1. The van der Waals surface area contributed by atoms with E-state index in [2.05, 4.69) is 25.8 Å². The van der Waals surface area contributed by atoms with Gasteiger partial charge in [-0.25, -0.2) is 0 Å². The second-order valence-corrected chi connectivity index (χ2v) is 6.55. The van der Waals surface area contributed by atoms with Gasteiger partial charge in [0, 0.05) is 0 Å². The monoisotopic (exact) mass is 283 g/mol. The Morgan fingerprint density at radius 1 is 0.450 bits per heavy atom. The Labute approximate surface area is 129 Å². The number of hydrogen-bond donors (Lipinski definition) is 0. The van der Waals surface area contributed by atoms with Gasteiger partial charge in [0.05, 0.1) is 0 Å². The fraction of sp³-hybridized carbons (Fsp3) is 1.00. The highest BCUT2D eigenvalue weighted by atomic mass is 15.1. The molecule has 0 aliphatic rings. The van der Waals surface area contributed by atoms with E-state index in [-0.39, 0.29) is 0 Å². The van der Waals surface area contributed by atoms with Crippen molar-refractivity contribution in [2.75, 3.05) is 20.1 Å². The molecular weight excluding hydrogens is 242 g/mol. The van der Waals surface area contributed by atoms with Gasteiger partial charge in [0.25, 0.3) is 0 Å². The zero-order chi connectivity index (χ0) is 14.9. The zero-order valence-electron chi connectivity index (χ0n) is 14.8. The Bertz CT molecular complexity index is 167. The van der Waals surface area contributed by atoms with Crippen molar-refractivity contribution in [2.45, 2.75) is 104 Å². The van der Waals surface area contributed by atoms with Crippen LogP contribution in [0.3, 0.4) is 0 Å². The maximum Gasteiger partial charge on any atom is -0.00218 e. The van der Waals surface area contributed by atoms with E-state index < -0.39 is 0 Å². The fourth-order valence-corrected chi connectivity index (χ4v) is 2.76. The minimum Gasteiger partial charge on any atom is -0.306 e. The van der Waals surface area contributed by atoms with Gasteiger partial charge in [0.1, 0.15) is 0 Å². The van der Waals surface area contributed by atoms with E-state index in [1.807, 2.05) is 0 Å². The zero-order valence-corrected chi connectivity index (χ0v) is 14.8. The molecule has 1 nitrogen and oxygen atoms in total. The van der Waals surface area contributed by atoms with Crippen LogP contribution < -0.4 is 0 Å². The van der Waals surface area contributed by atoms with Crippen LogP contribution in [0.4, 0.5) is 0 Å². The Morgan fingerprint density at radius 2 is 0.800 bits per heavy atom. The Hall–Kier alpha value is -0.0400. The van der Waals surface area contributed by atoms with Crippen molar-refractivity contribution >= 4 is 0 Å². The third kappa shape index (κ3) is 16.0. The normalized spacial score (nSPS) is 11.4. The molecule has 0 N–H and O–H groups in total. The van der Waals surface area contributed by atoms with Crippen LogP contribution in [-0.2, 0) is 0 Å². The first-order chi connectivity index (χ1) is 9.81. The SMILES string of the molecule is CCCCCCCCCCCCCCN(C)CCCC. The molecule has 0 saturated heterocycles. The van der Waals surface area contributed by atoms with E-state index in [1.54, 1.807) is 0 Å². The maximum absolute atomic E-state index is 2.50. The maximum atomic E-state index is 2.50. The minimum absolute atomic E-state index is 1.29. The molecule has 0 aliphatic heterocycles. The molecule has 0 spiro atoms. The van der Waals surface area contributed by atoms with Gasteiger partial charge in [-0.15, -0.1) is 0 Å². The van der Waals surface area contributed by atoms with Crippen LogP contribution in [0.5, 0.6) is 0 Å². The quantitative estimate of drug-likeness (QED) is 0.295. The molecule has 0 saturated carbocycles. The first-order valence-electron chi connectivity index (χ1n) is 9.49. The predicted octanol–water partition coefficient (Wildman–Crippen LogP) is 6.42. The molecule has 1 heteroatoms. The third-order valence-electron chi connectivity index (χ3n) is 4.29. The molecule has 20 heavy (non-hydrogen) atoms. The third-order valence-corrected chi connectivity index (χ3v) is 4.29. The average molecular weight is 284 g/mol. The summed E-state index contributed by atoms with van der Waals surface area (Å²) in [5.74, 6) is 0. The molecule has 0 aromatic heterocycles. The molecule has 0 rings (SSSR count). The van der Waals surface area contributed by atoms with E-state index in [9.17, 15) is 0 Å². The Balaban J connectivity index is 3.02. The summed E-state index contributed by atoms with van der Waals surface area (Å²) in [5, 5.41) is 0. The first-order valence-corrected chi connectivity index (χ1v) is 9.49.